The Morgan fingerprint density at radius 2 is 1.03 bits per heavy atom. The Bertz CT molecular complexity index is 842. The van der Waals surface area contributed by atoms with Crippen LogP contribution in [0.5, 0.6) is 0 Å². The van der Waals surface area contributed by atoms with Crippen LogP contribution in [0, 0.1) is 0 Å². The molecule has 0 radical (unpaired) electrons. The first-order chi connectivity index (χ1) is 13.4. The number of methoxy groups -OCH3 is 2. The molecule has 2 rings (SSSR count). The van der Waals surface area contributed by atoms with Crippen molar-refractivity contribution in [3.8, 4) is 0 Å². The number of rotatable bonds is 4. The summed E-state index contributed by atoms with van der Waals surface area (Å²) in [4.78, 5) is 24.8. The number of ether oxygens (including phenoxy) is 2. The molecule has 0 aromatic heterocycles. The number of anilines is 2. The maximum atomic E-state index is 12.4. The smallest absolute Gasteiger partial charge is 0.339 e. The van der Waals surface area contributed by atoms with E-state index in [0.717, 1.165) is 11.1 Å². The lowest BCUT2D eigenvalue weighted by atomic mass is 9.85. The van der Waals surface area contributed by atoms with Crippen LogP contribution in [-0.4, -0.2) is 26.2 Å². The molecule has 0 fully saturated rings. The Labute approximate surface area is 173 Å². The summed E-state index contributed by atoms with van der Waals surface area (Å²) < 4.78 is 9.95. The van der Waals surface area contributed by atoms with E-state index in [-0.39, 0.29) is 10.8 Å². The van der Waals surface area contributed by atoms with Gasteiger partial charge in [-0.2, -0.15) is 0 Å². The molecule has 5 heteroatoms. The second-order valence-electron chi connectivity index (χ2n) is 9.13. The van der Waals surface area contributed by atoms with Gasteiger partial charge in [-0.15, -0.1) is 0 Å². The van der Waals surface area contributed by atoms with Crippen LogP contribution in [0.3, 0.4) is 0 Å². The zero-order valence-electron chi connectivity index (χ0n) is 18.6. The van der Waals surface area contributed by atoms with E-state index >= 15 is 0 Å². The first kappa shape index (κ1) is 22.5. The van der Waals surface area contributed by atoms with Gasteiger partial charge in [-0.3, -0.25) is 0 Å². The fourth-order valence-electron chi connectivity index (χ4n) is 2.94. The normalized spacial score (nSPS) is 11.7. The van der Waals surface area contributed by atoms with Crippen LogP contribution in [0.25, 0.3) is 0 Å². The number of hydrogen-bond donors (Lipinski definition) is 1. The summed E-state index contributed by atoms with van der Waals surface area (Å²) in [5.41, 5.74) is 3.75. The van der Waals surface area contributed by atoms with Crippen molar-refractivity contribution in [2.45, 2.75) is 52.4 Å². The van der Waals surface area contributed by atoms with Crippen molar-refractivity contribution < 1.29 is 19.1 Å². The number of hydrogen-bond acceptors (Lipinski definition) is 5. The van der Waals surface area contributed by atoms with Crippen LogP contribution in [0.4, 0.5) is 11.4 Å². The minimum atomic E-state index is -0.440. The van der Waals surface area contributed by atoms with E-state index in [0.29, 0.717) is 22.5 Å². The maximum absolute atomic E-state index is 12.4. The highest BCUT2D eigenvalue weighted by molar-refractivity contribution is 6.00. The fraction of sp³-hybridized carbons (Fsp3) is 0.417. The highest BCUT2D eigenvalue weighted by Gasteiger charge is 2.22. The average Bonchev–Trinajstić information content (AvgIpc) is 2.65. The topological polar surface area (TPSA) is 64.6 Å². The summed E-state index contributed by atoms with van der Waals surface area (Å²) in [6, 6.07) is 11.3. The summed E-state index contributed by atoms with van der Waals surface area (Å²) in [5.74, 6) is -0.881. The van der Waals surface area contributed by atoms with Crippen LogP contribution in [-0.2, 0) is 20.3 Å². The highest BCUT2D eigenvalue weighted by Crippen LogP contribution is 2.32. The molecule has 0 spiro atoms. The van der Waals surface area contributed by atoms with Crippen molar-refractivity contribution in [1.29, 1.82) is 0 Å². The molecule has 29 heavy (non-hydrogen) atoms. The third-order valence-corrected chi connectivity index (χ3v) is 4.85. The van der Waals surface area contributed by atoms with Crippen LogP contribution in [0.1, 0.15) is 73.4 Å². The van der Waals surface area contributed by atoms with E-state index in [2.05, 4.69) is 46.9 Å². The molecule has 0 unspecified atom stereocenters. The lowest BCUT2D eigenvalue weighted by molar-refractivity contribution is 0.0593. The van der Waals surface area contributed by atoms with Gasteiger partial charge in [0.2, 0.25) is 0 Å². The van der Waals surface area contributed by atoms with E-state index < -0.39 is 11.9 Å². The molecule has 0 saturated heterocycles. The van der Waals surface area contributed by atoms with Crippen LogP contribution >= 0.6 is 0 Å². The Kier molecular flexibility index (Phi) is 6.41. The van der Waals surface area contributed by atoms with Gasteiger partial charge in [0, 0.05) is 0 Å². The number of esters is 2. The van der Waals surface area contributed by atoms with Crippen molar-refractivity contribution in [2.24, 2.45) is 0 Å². The maximum Gasteiger partial charge on any atom is 0.339 e. The van der Waals surface area contributed by atoms with Crippen molar-refractivity contribution in [3.63, 3.8) is 0 Å². The number of benzene rings is 2. The molecule has 2 aromatic rings. The van der Waals surface area contributed by atoms with Gasteiger partial charge in [-0.1, -0.05) is 53.7 Å². The highest BCUT2D eigenvalue weighted by atomic mass is 16.5. The van der Waals surface area contributed by atoms with Crippen molar-refractivity contribution in [1.82, 2.24) is 0 Å². The fourth-order valence-corrected chi connectivity index (χ4v) is 2.94. The van der Waals surface area contributed by atoms with Crippen molar-refractivity contribution in [2.75, 3.05) is 19.5 Å². The van der Waals surface area contributed by atoms with Crippen LogP contribution in [0.15, 0.2) is 36.4 Å². The van der Waals surface area contributed by atoms with Crippen LogP contribution < -0.4 is 5.32 Å². The molecule has 0 atom stereocenters. The Morgan fingerprint density at radius 1 is 0.690 bits per heavy atom. The summed E-state index contributed by atoms with van der Waals surface area (Å²) in [7, 11) is 2.71. The first-order valence-corrected chi connectivity index (χ1v) is 9.61. The third-order valence-electron chi connectivity index (χ3n) is 4.85. The van der Waals surface area contributed by atoms with Gasteiger partial charge in [0.1, 0.15) is 0 Å². The first-order valence-electron chi connectivity index (χ1n) is 9.61. The van der Waals surface area contributed by atoms with Gasteiger partial charge in [0.25, 0.3) is 0 Å². The third kappa shape index (κ3) is 5.17. The monoisotopic (exact) mass is 397 g/mol. The number of carbonyl (C=O) groups excluding carboxylic acids is 2. The number of carbonyl (C=O) groups is 2. The van der Waals surface area contributed by atoms with Gasteiger partial charge < -0.3 is 14.8 Å². The summed E-state index contributed by atoms with van der Waals surface area (Å²) in [6.45, 7) is 12.5. The molecular weight excluding hydrogens is 366 g/mol. The van der Waals surface area contributed by atoms with Gasteiger partial charge in [0.15, 0.2) is 0 Å². The summed E-state index contributed by atoms with van der Waals surface area (Å²) in [5, 5.41) is 3.23. The number of nitrogens with one attached hydrogen (secondary N) is 1. The van der Waals surface area contributed by atoms with Crippen molar-refractivity contribution in [3.05, 3.63) is 58.7 Å². The average molecular weight is 398 g/mol. The quantitative estimate of drug-likeness (QED) is 0.681. The standard InChI is InChI=1S/C24H31NO4/c1-23(2,3)15-9-11-19(17(13-15)21(26)28-7)25-20-12-10-16(24(4,5)6)14-18(20)22(27)29-8/h9-14,25H,1-8H3. The van der Waals surface area contributed by atoms with Gasteiger partial charge in [-0.25, -0.2) is 9.59 Å². The lowest BCUT2D eigenvalue weighted by Gasteiger charge is -2.23. The van der Waals surface area contributed by atoms with E-state index in [4.69, 9.17) is 9.47 Å². The van der Waals surface area contributed by atoms with Gasteiger partial charge in [0.05, 0.1) is 36.7 Å². The molecule has 0 aliphatic heterocycles. The Balaban J connectivity index is 2.58. The second-order valence-corrected chi connectivity index (χ2v) is 9.13. The molecule has 0 saturated carbocycles. The van der Waals surface area contributed by atoms with Crippen LogP contribution in [0.2, 0.25) is 0 Å². The molecule has 0 aliphatic rings. The lowest BCUT2D eigenvalue weighted by Crippen LogP contribution is -2.16. The largest absolute Gasteiger partial charge is 0.465 e. The van der Waals surface area contributed by atoms with Crippen molar-refractivity contribution >= 4 is 23.3 Å². The molecule has 0 aliphatic carbocycles. The molecule has 0 heterocycles. The molecule has 5 nitrogen and oxygen atoms in total. The minimum Gasteiger partial charge on any atom is -0.465 e. The van der Waals surface area contributed by atoms with E-state index in [1.54, 1.807) is 0 Å². The molecule has 1 N–H and O–H groups in total. The molecular formula is C24H31NO4. The SMILES string of the molecule is COC(=O)c1cc(C(C)(C)C)ccc1Nc1ccc(C(C)(C)C)cc1C(=O)OC. The Morgan fingerprint density at radius 3 is 1.31 bits per heavy atom. The van der Waals surface area contributed by atoms with Gasteiger partial charge in [-0.05, 0) is 46.2 Å². The molecule has 0 bridgehead atoms. The predicted octanol–water partition coefficient (Wildman–Crippen LogP) is 5.60. The van der Waals surface area contributed by atoms with E-state index in [1.807, 2.05) is 36.4 Å². The second kappa shape index (κ2) is 8.27. The molecule has 156 valence electrons. The summed E-state index contributed by atoms with van der Waals surface area (Å²) >= 11 is 0. The molecule has 0 amide bonds. The van der Waals surface area contributed by atoms with E-state index in [9.17, 15) is 9.59 Å². The van der Waals surface area contributed by atoms with Gasteiger partial charge >= 0.3 is 11.9 Å². The minimum absolute atomic E-state index is 0.118. The summed E-state index contributed by atoms with van der Waals surface area (Å²) in [6.07, 6.45) is 0. The zero-order valence-corrected chi connectivity index (χ0v) is 18.6. The molecule has 2 aromatic carbocycles. The zero-order chi connectivity index (χ0) is 22.0. The Hall–Kier alpha value is -2.82. The van der Waals surface area contributed by atoms with E-state index in [1.165, 1.54) is 14.2 Å². The predicted molar refractivity (Wildman–Crippen MR) is 116 cm³/mol.